The minimum atomic E-state index is -4.46. The van der Waals surface area contributed by atoms with Crippen molar-refractivity contribution in [1.82, 2.24) is 5.01 Å². The van der Waals surface area contributed by atoms with E-state index in [4.69, 9.17) is 11.3 Å². The summed E-state index contributed by atoms with van der Waals surface area (Å²) in [6.45, 7) is 0.372. The first-order chi connectivity index (χ1) is 9.28. The van der Waals surface area contributed by atoms with Crippen molar-refractivity contribution in [2.75, 3.05) is 13.6 Å². The van der Waals surface area contributed by atoms with Crippen molar-refractivity contribution in [2.24, 2.45) is 20.9 Å². The zero-order valence-electron chi connectivity index (χ0n) is 11.3. The molecule has 1 saturated carbocycles. The first kappa shape index (κ1) is 16.1. The Morgan fingerprint density at radius 2 is 2.05 bits per heavy atom. The van der Waals surface area contributed by atoms with Gasteiger partial charge in [0.2, 0.25) is 0 Å². The minimum absolute atomic E-state index is 0.0471. The summed E-state index contributed by atoms with van der Waals surface area (Å²) in [5.74, 6) is 0.0471. The normalized spacial score (nSPS) is 19.2. The number of rotatable bonds is 5. The van der Waals surface area contributed by atoms with Crippen LogP contribution in [-0.4, -0.2) is 42.4 Å². The summed E-state index contributed by atoms with van der Waals surface area (Å²) < 4.78 is 37.4. The molecule has 1 aliphatic rings. The Hall–Kier alpha value is -1.93. The molecule has 0 unspecified atom stereocenters. The fourth-order valence-electron chi connectivity index (χ4n) is 1.69. The number of halogens is 3. The van der Waals surface area contributed by atoms with Crippen molar-refractivity contribution in [3.8, 4) is 0 Å². The lowest BCUT2D eigenvalue weighted by Gasteiger charge is -2.24. The van der Waals surface area contributed by atoms with E-state index in [-0.39, 0.29) is 5.84 Å². The third kappa shape index (κ3) is 4.04. The number of amidine groups is 1. The molecule has 0 radical (unpaired) electrons. The van der Waals surface area contributed by atoms with Crippen LogP contribution in [0.2, 0.25) is 0 Å². The van der Waals surface area contributed by atoms with E-state index >= 15 is 0 Å². The van der Waals surface area contributed by atoms with Gasteiger partial charge in [0.25, 0.3) is 0 Å². The van der Waals surface area contributed by atoms with Crippen LogP contribution in [0.15, 0.2) is 27.0 Å². The summed E-state index contributed by atoms with van der Waals surface area (Å²) in [6, 6.07) is 0. The first-order valence-electron chi connectivity index (χ1n) is 5.90. The summed E-state index contributed by atoms with van der Waals surface area (Å²) in [5.41, 5.74) is 12.1. The van der Waals surface area contributed by atoms with E-state index in [1.807, 2.05) is 0 Å². The summed E-state index contributed by atoms with van der Waals surface area (Å²) in [4.78, 5) is 8.10. The molecule has 1 aliphatic carbocycles. The van der Waals surface area contributed by atoms with E-state index in [0.29, 0.717) is 23.4 Å². The molecule has 0 heterocycles. The Bertz CT molecular complexity index is 448. The number of nitrogens with zero attached hydrogens (tertiary/aromatic N) is 4. The molecule has 1 fully saturated rings. The second-order valence-corrected chi connectivity index (χ2v) is 4.52. The molecule has 112 valence electrons. The Morgan fingerprint density at radius 3 is 2.40 bits per heavy atom. The minimum Gasteiger partial charge on any atom is -0.404 e. The lowest BCUT2D eigenvalue weighted by molar-refractivity contribution is -0.139. The summed E-state index contributed by atoms with van der Waals surface area (Å²) in [5, 5.41) is 3.45. The van der Waals surface area contributed by atoms with Crippen molar-refractivity contribution < 1.29 is 13.2 Å². The molecule has 6 nitrogen and oxygen atoms in total. The number of aliphatic imine (C=N–C) groups is 2. The predicted octanol–water partition coefficient (Wildman–Crippen LogP) is 2.29. The molecule has 0 bridgehead atoms. The van der Waals surface area contributed by atoms with Gasteiger partial charge in [0.05, 0.1) is 0 Å². The van der Waals surface area contributed by atoms with Crippen molar-refractivity contribution in [3.05, 3.63) is 11.8 Å². The Morgan fingerprint density at radius 1 is 1.45 bits per heavy atom. The standard InChI is InChI=1S/C11H17F3N6/c1-8(5-15)6-18-10(3-4-10)9(17-2)20(19-16)7-11(12,13)14/h5-6,16H,3-4,7,15H2,1-2H3/b8-5-,17-9?,18-6?,19-16?. The van der Waals surface area contributed by atoms with Crippen LogP contribution < -0.4 is 5.73 Å². The molecule has 1 rings (SSSR count). The molecule has 9 heteroatoms. The second-order valence-electron chi connectivity index (χ2n) is 4.52. The third-order valence-electron chi connectivity index (χ3n) is 2.82. The maximum atomic E-state index is 12.5. The van der Waals surface area contributed by atoms with Gasteiger partial charge in [0.15, 0.2) is 0 Å². The molecule has 0 spiro atoms. The summed E-state index contributed by atoms with van der Waals surface area (Å²) >= 11 is 0. The zero-order chi connectivity index (χ0) is 15.4. The van der Waals surface area contributed by atoms with Gasteiger partial charge < -0.3 is 5.73 Å². The fraction of sp³-hybridized carbons (Fsp3) is 0.636. The van der Waals surface area contributed by atoms with E-state index in [0.717, 1.165) is 0 Å². The first-order valence-corrected chi connectivity index (χ1v) is 5.90. The summed E-state index contributed by atoms with van der Waals surface area (Å²) in [6.07, 6.45) is -0.484. The third-order valence-corrected chi connectivity index (χ3v) is 2.82. The van der Waals surface area contributed by atoms with E-state index in [1.54, 1.807) is 6.92 Å². The average Bonchev–Trinajstić information content (AvgIpc) is 3.15. The Balaban J connectivity index is 2.95. The Kier molecular flexibility index (Phi) is 4.85. The zero-order valence-corrected chi connectivity index (χ0v) is 11.3. The molecule has 0 aromatic carbocycles. The molecule has 0 atom stereocenters. The van der Waals surface area contributed by atoms with Crippen molar-refractivity contribution in [1.29, 1.82) is 5.53 Å². The molecular weight excluding hydrogens is 273 g/mol. The van der Waals surface area contributed by atoms with Crippen LogP contribution in [0.1, 0.15) is 19.8 Å². The van der Waals surface area contributed by atoms with Gasteiger partial charge in [-0.05, 0) is 31.5 Å². The van der Waals surface area contributed by atoms with E-state index in [1.165, 1.54) is 19.5 Å². The Labute approximate surface area is 114 Å². The molecule has 0 aliphatic heterocycles. The van der Waals surface area contributed by atoms with Gasteiger partial charge in [-0.25, -0.2) is 5.01 Å². The summed E-state index contributed by atoms with van der Waals surface area (Å²) in [7, 11) is 1.37. The smallest absolute Gasteiger partial charge is 0.404 e. The van der Waals surface area contributed by atoms with Crippen LogP contribution in [0.5, 0.6) is 0 Å². The molecule has 20 heavy (non-hydrogen) atoms. The van der Waals surface area contributed by atoms with E-state index in [9.17, 15) is 13.2 Å². The molecule has 0 aromatic heterocycles. The predicted molar refractivity (Wildman–Crippen MR) is 69.7 cm³/mol. The van der Waals surface area contributed by atoms with Gasteiger partial charge in [-0.1, -0.05) is 5.22 Å². The van der Waals surface area contributed by atoms with Crippen LogP contribution in [-0.2, 0) is 0 Å². The number of allylic oxidation sites excluding steroid dienone is 1. The van der Waals surface area contributed by atoms with Gasteiger partial charge in [0, 0.05) is 13.3 Å². The monoisotopic (exact) mass is 290 g/mol. The van der Waals surface area contributed by atoms with Gasteiger partial charge >= 0.3 is 6.18 Å². The maximum absolute atomic E-state index is 12.5. The SMILES string of the molecule is CN=C(N(CC(F)(F)F)N=N)C1(N=C/C(C)=C\N)CC1. The van der Waals surface area contributed by atoms with Crippen molar-refractivity contribution in [3.63, 3.8) is 0 Å². The largest absolute Gasteiger partial charge is 0.408 e. The van der Waals surface area contributed by atoms with Crippen LogP contribution in [0.3, 0.4) is 0 Å². The topological polar surface area (TPSA) is 90.2 Å². The molecular formula is C11H17F3N6. The van der Waals surface area contributed by atoms with Gasteiger partial charge in [0.1, 0.15) is 17.9 Å². The quantitative estimate of drug-likeness (QED) is 0.352. The van der Waals surface area contributed by atoms with Gasteiger partial charge in [-0.3, -0.25) is 9.98 Å². The number of hydrogen-bond acceptors (Lipinski definition) is 5. The molecule has 0 amide bonds. The van der Waals surface area contributed by atoms with E-state index < -0.39 is 18.3 Å². The lowest BCUT2D eigenvalue weighted by atomic mass is 10.2. The lowest BCUT2D eigenvalue weighted by Crippen LogP contribution is -2.41. The number of alkyl halides is 3. The van der Waals surface area contributed by atoms with Crippen molar-refractivity contribution in [2.45, 2.75) is 31.5 Å². The highest BCUT2D eigenvalue weighted by Gasteiger charge is 2.51. The van der Waals surface area contributed by atoms with Crippen LogP contribution >= 0.6 is 0 Å². The van der Waals surface area contributed by atoms with E-state index in [2.05, 4.69) is 15.2 Å². The van der Waals surface area contributed by atoms with Crippen LogP contribution in [0, 0.1) is 5.53 Å². The van der Waals surface area contributed by atoms with Crippen LogP contribution in [0.4, 0.5) is 13.2 Å². The van der Waals surface area contributed by atoms with Gasteiger partial charge in [-0.2, -0.15) is 18.7 Å². The number of hydrogen-bond donors (Lipinski definition) is 2. The maximum Gasteiger partial charge on any atom is 0.408 e. The highest BCUT2D eigenvalue weighted by atomic mass is 19.4. The van der Waals surface area contributed by atoms with Crippen molar-refractivity contribution >= 4 is 12.1 Å². The average molecular weight is 290 g/mol. The molecule has 3 N–H and O–H groups in total. The van der Waals surface area contributed by atoms with Crippen LogP contribution in [0.25, 0.3) is 0 Å². The highest BCUT2D eigenvalue weighted by Crippen LogP contribution is 2.42. The highest BCUT2D eigenvalue weighted by molar-refractivity contribution is 5.96. The molecule has 0 saturated heterocycles. The number of nitrogens with two attached hydrogens (primary N) is 1. The number of nitrogens with one attached hydrogen (secondary N) is 1. The fourth-order valence-corrected chi connectivity index (χ4v) is 1.69. The second kappa shape index (κ2) is 6.02. The molecule has 0 aromatic rings. The van der Waals surface area contributed by atoms with Gasteiger partial charge in [-0.15, -0.1) is 0 Å².